The molecule has 0 spiro atoms. The van der Waals surface area contributed by atoms with Crippen molar-refractivity contribution >= 4 is 15.9 Å². The second-order valence-electron chi connectivity index (χ2n) is 5.28. The molecule has 1 aliphatic rings. The zero-order valence-electron chi connectivity index (χ0n) is 10.3. The highest BCUT2D eigenvalue weighted by Gasteiger charge is 2.32. The fourth-order valence-corrected chi connectivity index (χ4v) is 3.53. The molecule has 3 heteroatoms. The van der Waals surface area contributed by atoms with Crippen LogP contribution in [0.3, 0.4) is 0 Å². The summed E-state index contributed by atoms with van der Waals surface area (Å²) in [4.78, 5) is 0. The Hall–Kier alpha value is -0.310. The summed E-state index contributed by atoms with van der Waals surface area (Å²) in [5, 5.41) is 5.70. The van der Waals surface area contributed by atoms with Gasteiger partial charge in [-0.25, -0.2) is 0 Å². The molecule has 0 unspecified atom stereocenters. The van der Waals surface area contributed by atoms with Crippen LogP contribution in [0.15, 0.2) is 6.07 Å². The van der Waals surface area contributed by atoms with Crippen molar-refractivity contribution in [3.63, 3.8) is 0 Å². The molecule has 0 saturated heterocycles. The van der Waals surface area contributed by atoms with E-state index >= 15 is 0 Å². The van der Waals surface area contributed by atoms with E-state index in [9.17, 15) is 0 Å². The quantitative estimate of drug-likeness (QED) is 0.771. The van der Waals surface area contributed by atoms with Gasteiger partial charge in [0.25, 0.3) is 0 Å². The van der Waals surface area contributed by atoms with Gasteiger partial charge in [0.05, 0.1) is 5.69 Å². The van der Waals surface area contributed by atoms with E-state index < -0.39 is 0 Å². The number of halogens is 1. The van der Waals surface area contributed by atoms with E-state index in [1.807, 2.05) is 0 Å². The van der Waals surface area contributed by atoms with Crippen LogP contribution in [-0.4, -0.2) is 15.1 Å². The van der Waals surface area contributed by atoms with Crippen LogP contribution in [0.5, 0.6) is 0 Å². The minimum atomic E-state index is 0.446. The Kier molecular flexibility index (Phi) is 3.73. The number of alkyl halides is 1. The Morgan fingerprint density at radius 3 is 2.50 bits per heavy atom. The van der Waals surface area contributed by atoms with Crippen molar-refractivity contribution in [3.8, 4) is 0 Å². The summed E-state index contributed by atoms with van der Waals surface area (Å²) in [5.41, 5.74) is 2.88. The second kappa shape index (κ2) is 4.91. The summed E-state index contributed by atoms with van der Waals surface area (Å²) in [5.74, 6) is 0. The van der Waals surface area contributed by atoms with Gasteiger partial charge in [-0.15, -0.1) is 0 Å². The number of nitrogens with zero attached hydrogens (tertiary/aromatic N) is 2. The first-order valence-electron chi connectivity index (χ1n) is 6.22. The normalized spacial score (nSPS) is 19.9. The summed E-state index contributed by atoms with van der Waals surface area (Å²) >= 11 is 3.72. The Morgan fingerprint density at radius 2 is 2.00 bits per heavy atom. The van der Waals surface area contributed by atoms with Gasteiger partial charge in [0.15, 0.2) is 0 Å². The molecule has 1 fully saturated rings. The molecule has 1 aliphatic carbocycles. The van der Waals surface area contributed by atoms with Crippen molar-refractivity contribution in [1.82, 2.24) is 9.78 Å². The standard InChI is InChI=1S/C13H21BrN2/c1-11-8-12(2)16(15-11)10-13(9-14)6-4-3-5-7-13/h8H,3-7,9-10H2,1-2H3. The van der Waals surface area contributed by atoms with Gasteiger partial charge in [0.2, 0.25) is 0 Å². The molecule has 0 radical (unpaired) electrons. The zero-order valence-corrected chi connectivity index (χ0v) is 11.9. The van der Waals surface area contributed by atoms with Crippen molar-refractivity contribution in [2.24, 2.45) is 5.41 Å². The summed E-state index contributed by atoms with van der Waals surface area (Å²) < 4.78 is 2.20. The maximum absolute atomic E-state index is 4.59. The Labute approximate surface area is 107 Å². The summed E-state index contributed by atoms with van der Waals surface area (Å²) in [6, 6.07) is 2.17. The van der Waals surface area contributed by atoms with Crippen molar-refractivity contribution < 1.29 is 0 Å². The molecule has 0 aliphatic heterocycles. The molecule has 1 heterocycles. The maximum atomic E-state index is 4.59. The van der Waals surface area contributed by atoms with Crippen LogP contribution >= 0.6 is 15.9 Å². The number of hydrogen-bond donors (Lipinski definition) is 0. The average Bonchev–Trinajstić information content (AvgIpc) is 2.59. The lowest BCUT2D eigenvalue weighted by atomic mass is 9.75. The monoisotopic (exact) mass is 284 g/mol. The number of hydrogen-bond acceptors (Lipinski definition) is 1. The Balaban J connectivity index is 2.14. The largest absolute Gasteiger partial charge is 0.269 e. The predicted octanol–water partition coefficient (Wildman–Crippen LogP) is 3.85. The summed E-state index contributed by atoms with van der Waals surface area (Å²) in [6.07, 6.45) is 6.86. The topological polar surface area (TPSA) is 17.8 Å². The fraction of sp³-hybridized carbons (Fsp3) is 0.769. The molecular formula is C13H21BrN2. The van der Waals surface area contributed by atoms with Gasteiger partial charge in [0.1, 0.15) is 0 Å². The minimum Gasteiger partial charge on any atom is -0.269 e. The molecular weight excluding hydrogens is 264 g/mol. The molecule has 0 atom stereocenters. The van der Waals surface area contributed by atoms with Crippen LogP contribution in [0, 0.1) is 19.3 Å². The van der Waals surface area contributed by atoms with Gasteiger partial charge < -0.3 is 0 Å². The first-order chi connectivity index (χ1) is 7.65. The Bertz CT molecular complexity index is 351. The van der Waals surface area contributed by atoms with E-state index in [1.54, 1.807) is 0 Å². The first-order valence-corrected chi connectivity index (χ1v) is 7.34. The summed E-state index contributed by atoms with van der Waals surface area (Å²) in [6.45, 7) is 5.31. The third-order valence-electron chi connectivity index (χ3n) is 3.79. The lowest BCUT2D eigenvalue weighted by Crippen LogP contribution is -2.32. The van der Waals surface area contributed by atoms with Crippen LogP contribution in [0.4, 0.5) is 0 Å². The summed E-state index contributed by atoms with van der Waals surface area (Å²) in [7, 11) is 0. The van der Waals surface area contributed by atoms with Gasteiger partial charge >= 0.3 is 0 Å². The van der Waals surface area contributed by atoms with Crippen molar-refractivity contribution in [2.45, 2.75) is 52.5 Å². The highest BCUT2D eigenvalue weighted by molar-refractivity contribution is 9.09. The molecule has 2 rings (SSSR count). The SMILES string of the molecule is Cc1cc(C)n(CC2(CBr)CCCCC2)n1. The van der Waals surface area contributed by atoms with E-state index in [1.165, 1.54) is 37.8 Å². The average molecular weight is 285 g/mol. The van der Waals surface area contributed by atoms with Crippen molar-refractivity contribution in [1.29, 1.82) is 0 Å². The molecule has 1 aromatic rings. The molecule has 0 amide bonds. The smallest absolute Gasteiger partial charge is 0.0596 e. The highest BCUT2D eigenvalue weighted by atomic mass is 79.9. The van der Waals surface area contributed by atoms with Crippen LogP contribution in [0.25, 0.3) is 0 Å². The van der Waals surface area contributed by atoms with E-state index in [0.29, 0.717) is 5.41 Å². The zero-order chi connectivity index (χ0) is 11.6. The van der Waals surface area contributed by atoms with Gasteiger partial charge in [0, 0.05) is 17.6 Å². The lowest BCUT2D eigenvalue weighted by molar-refractivity contribution is 0.182. The third kappa shape index (κ3) is 2.50. The highest BCUT2D eigenvalue weighted by Crippen LogP contribution is 2.39. The van der Waals surface area contributed by atoms with Crippen LogP contribution in [-0.2, 0) is 6.54 Å². The van der Waals surface area contributed by atoms with Crippen molar-refractivity contribution in [3.05, 3.63) is 17.5 Å². The maximum Gasteiger partial charge on any atom is 0.0596 e. The number of aromatic nitrogens is 2. The fourth-order valence-electron chi connectivity index (χ4n) is 2.79. The molecule has 0 bridgehead atoms. The van der Waals surface area contributed by atoms with Crippen LogP contribution in [0.1, 0.15) is 43.5 Å². The van der Waals surface area contributed by atoms with Gasteiger partial charge in [-0.05, 0) is 38.2 Å². The molecule has 16 heavy (non-hydrogen) atoms. The van der Waals surface area contributed by atoms with Gasteiger partial charge in [-0.3, -0.25) is 4.68 Å². The lowest BCUT2D eigenvalue weighted by Gasteiger charge is -2.36. The van der Waals surface area contributed by atoms with Crippen LogP contribution < -0.4 is 0 Å². The molecule has 0 aromatic carbocycles. The van der Waals surface area contributed by atoms with Gasteiger partial charge in [-0.1, -0.05) is 35.2 Å². The molecule has 1 saturated carbocycles. The van der Waals surface area contributed by atoms with E-state index in [2.05, 4.69) is 45.6 Å². The molecule has 0 N–H and O–H groups in total. The third-order valence-corrected chi connectivity index (χ3v) is 4.98. The van der Waals surface area contributed by atoms with Crippen LogP contribution in [0.2, 0.25) is 0 Å². The number of rotatable bonds is 3. The Morgan fingerprint density at radius 1 is 1.31 bits per heavy atom. The molecule has 1 aromatic heterocycles. The first kappa shape index (κ1) is 12.2. The van der Waals surface area contributed by atoms with E-state index in [4.69, 9.17) is 0 Å². The second-order valence-corrected chi connectivity index (χ2v) is 5.84. The van der Waals surface area contributed by atoms with E-state index in [-0.39, 0.29) is 0 Å². The van der Waals surface area contributed by atoms with E-state index in [0.717, 1.165) is 17.6 Å². The molecule has 2 nitrogen and oxygen atoms in total. The van der Waals surface area contributed by atoms with Crippen molar-refractivity contribution in [2.75, 3.05) is 5.33 Å². The predicted molar refractivity (Wildman–Crippen MR) is 71.0 cm³/mol. The minimum absolute atomic E-state index is 0.446. The molecule has 90 valence electrons. The number of aryl methyl sites for hydroxylation is 2. The van der Waals surface area contributed by atoms with Gasteiger partial charge in [-0.2, -0.15) is 5.10 Å².